The molecule has 0 aromatic heterocycles. The van der Waals surface area contributed by atoms with Crippen LogP contribution in [0.3, 0.4) is 0 Å². The molecule has 1 rings (SSSR count). The van der Waals surface area contributed by atoms with E-state index in [1.165, 1.54) is 0 Å². The van der Waals surface area contributed by atoms with Crippen LogP contribution in [0.4, 0.5) is 0 Å². The summed E-state index contributed by atoms with van der Waals surface area (Å²) in [5.41, 5.74) is -0.158. The van der Waals surface area contributed by atoms with Gasteiger partial charge in [0.25, 0.3) is 0 Å². The Kier molecular flexibility index (Phi) is 5.60. The summed E-state index contributed by atoms with van der Waals surface area (Å²) in [6, 6.07) is 0.400. The first kappa shape index (κ1) is 15.4. The molecule has 106 valence electrons. The smallest absolute Gasteiger partial charge is 0.234 e. The fourth-order valence-electron chi connectivity index (χ4n) is 2.18. The highest BCUT2D eigenvalue weighted by Gasteiger charge is 2.25. The Balaban J connectivity index is 2.28. The maximum absolute atomic E-state index is 11.7. The molecule has 2 unspecified atom stereocenters. The van der Waals surface area contributed by atoms with Gasteiger partial charge in [-0.1, -0.05) is 13.8 Å². The van der Waals surface area contributed by atoms with Crippen molar-refractivity contribution in [2.75, 3.05) is 13.2 Å². The van der Waals surface area contributed by atoms with Crippen molar-refractivity contribution < 1.29 is 9.53 Å². The monoisotopic (exact) mass is 256 g/mol. The van der Waals surface area contributed by atoms with Crippen molar-refractivity contribution in [3.05, 3.63) is 0 Å². The van der Waals surface area contributed by atoms with E-state index < -0.39 is 0 Å². The van der Waals surface area contributed by atoms with Crippen molar-refractivity contribution >= 4 is 5.91 Å². The van der Waals surface area contributed by atoms with Gasteiger partial charge < -0.3 is 15.4 Å². The van der Waals surface area contributed by atoms with Crippen molar-refractivity contribution in [2.45, 2.75) is 65.1 Å². The first-order valence-corrected chi connectivity index (χ1v) is 6.94. The summed E-state index contributed by atoms with van der Waals surface area (Å²) in [6.45, 7) is 11.5. The van der Waals surface area contributed by atoms with Crippen LogP contribution in [0.5, 0.6) is 0 Å². The van der Waals surface area contributed by atoms with Crippen molar-refractivity contribution in [3.8, 4) is 0 Å². The lowest BCUT2D eigenvalue weighted by atomic mass is 9.95. The second-order valence-electron chi connectivity index (χ2n) is 6.55. The largest absolute Gasteiger partial charge is 0.378 e. The molecule has 0 aliphatic carbocycles. The van der Waals surface area contributed by atoms with Gasteiger partial charge in [0.05, 0.1) is 12.6 Å². The van der Waals surface area contributed by atoms with Crippen LogP contribution in [0.25, 0.3) is 0 Å². The van der Waals surface area contributed by atoms with Crippen molar-refractivity contribution in [3.63, 3.8) is 0 Å². The van der Waals surface area contributed by atoms with E-state index in [4.69, 9.17) is 4.74 Å². The SMILES string of the molecule is CC(C)C1CC(NCC(=O)NC(C)(C)C)CCO1. The molecule has 1 amide bonds. The minimum atomic E-state index is -0.158. The first-order valence-electron chi connectivity index (χ1n) is 6.94. The molecule has 1 heterocycles. The van der Waals surface area contributed by atoms with Crippen LogP contribution in [0.2, 0.25) is 0 Å². The topological polar surface area (TPSA) is 50.4 Å². The van der Waals surface area contributed by atoms with Crippen LogP contribution in [0.1, 0.15) is 47.5 Å². The molecule has 4 nitrogen and oxygen atoms in total. The number of rotatable bonds is 4. The number of ether oxygens (including phenoxy) is 1. The van der Waals surface area contributed by atoms with E-state index in [1.54, 1.807) is 0 Å². The third-order valence-electron chi connectivity index (χ3n) is 3.12. The molecule has 1 saturated heterocycles. The van der Waals surface area contributed by atoms with Gasteiger partial charge in [-0.2, -0.15) is 0 Å². The number of carbonyl (C=O) groups excluding carboxylic acids is 1. The summed E-state index contributed by atoms with van der Waals surface area (Å²) in [6.07, 6.45) is 2.31. The van der Waals surface area contributed by atoms with Crippen molar-refractivity contribution in [1.82, 2.24) is 10.6 Å². The minimum absolute atomic E-state index is 0.0649. The summed E-state index contributed by atoms with van der Waals surface area (Å²) >= 11 is 0. The third kappa shape index (κ3) is 5.83. The highest BCUT2D eigenvalue weighted by molar-refractivity contribution is 5.78. The van der Waals surface area contributed by atoms with E-state index in [0.717, 1.165) is 19.4 Å². The van der Waals surface area contributed by atoms with E-state index in [9.17, 15) is 4.79 Å². The second-order valence-corrected chi connectivity index (χ2v) is 6.55. The van der Waals surface area contributed by atoms with Gasteiger partial charge in [0.1, 0.15) is 0 Å². The Morgan fingerprint density at radius 1 is 1.39 bits per heavy atom. The number of hydrogen-bond acceptors (Lipinski definition) is 3. The second kappa shape index (κ2) is 6.53. The van der Waals surface area contributed by atoms with Crippen LogP contribution < -0.4 is 10.6 Å². The van der Waals surface area contributed by atoms with E-state index in [0.29, 0.717) is 24.6 Å². The van der Waals surface area contributed by atoms with Gasteiger partial charge in [-0.25, -0.2) is 0 Å². The molecule has 4 heteroatoms. The average Bonchev–Trinajstić information content (AvgIpc) is 2.24. The molecule has 0 bridgehead atoms. The molecule has 1 aliphatic heterocycles. The van der Waals surface area contributed by atoms with Gasteiger partial charge >= 0.3 is 0 Å². The molecular formula is C14H28N2O2. The highest BCUT2D eigenvalue weighted by atomic mass is 16.5. The molecule has 0 aromatic rings. The zero-order valence-corrected chi connectivity index (χ0v) is 12.4. The van der Waals surface area contributed by atoms with Crippen LogP contribution in [-0.4, -0.2) is 36.7 Å². The van der Waals surface area contributed by atoms with Gasteiger partial charge in [0.15, 0.2) is 0 Å². The maximum atomic E-state index is 11.7. The summed E-state index contributed by atoms with van der Waals surface area (Å²) in [7, 11) is 0. The molecule has 1 fully saturated rings. The molecular weight excluding hydrogens is 228 g/mol. The number of nitrogens with one attached hydrogen (secondary N) is 2. The molecule has 0 aromatic carbocycles. The number of hydrogen-bond donors (Lipinski definition) is 2. The van der Waals surface area contributed by atoms with Gasteiger partial charge in [0.2, 0.25) is 5.91 Å². The zero-order valence-electron chi connectivity index (χ0n) is 12.4. The molecule has 0 saturated carbocycles. The average molecular weight is 256 g/mol. The first-order chi connectivity index (χ1) is 8.28. The Bertz CT molecular complexity index is 271. The van der Waals surface area contributed by atoms with E-state index >= 15 is 0 Å². The lowest BCUT2D eigenvalue weighted by Gasteiger charge is -2.32. The molecule has 2 atom stereocenters. The Hall–Kier alpha value is -0.610. The van der Waals surface area contributed by atoms with Crippen LogP contribution in [0, 0.1) is 5.92 Å². The number of carbonyl (C=O) groups is 1. The third-order valence-corrected chi connectivity index (χ3v) is 3.12. The van der Waals surface area contributed by atoms with E-state index in [2.05, 4.69) is 24.5 Å². The fraction of sp³-hybridized carbons (Fsp3) is 0.929. The van der Waals surface area contributed by atoms with Crippen molar-refractivity contribution in [1.29, 1.82) is 0 Å². The lowest BCUT2D eigenvalue weighted by Crippen LogP contribution is -2.48. The Morgan fingerprint density at radius 3 is 2.61 bits per heavy atom. The molecule has 1 aliphatic rings. The molecule has 0 radical (unpaired) electrons. The molecule has 18 heavy (non-hydrogen) atoms. The van der Waals surface area contributed by atoms with Gasteiger partial charge in [-0.3, -0.25) is 4.79 Å². The Morgan fingerprint density at radius 2 is 2.06 bits per heavy atom. The zero-order chi connectivity index (χ0) is 13.8. The quantitative estimate of drug-likeness (QED) is 0.805. The molecule has 2 N–H and O–H groups in total. The van der Waals surface area contributed by atoms with Crippen LogP contribution >= 0.6 is 0 Å². The lowest BCUT2D eigenvalue weighted by molar-refractivity contribution is -0.122. The van der Waals surface area contributed by atoms with Crippen LogP contribution in [0.15, 0.2) is 0 Å². The van der Waals surface area contributed by atoms with E-state index in [-0.39, 0.29) is 11.4 Å². The number of amides is 1. The van der Waals surface area contributed by atoms with Crippen LogP contribution in [-0.2, 0) is 9.53 Å². The minimum Gasteiger partial charge on any atom is -0.378 e. The Labute approximate surface area is 111 Å². The standard InChI is InChI=1S/C14H28N2O2/c1-10(2)12-8-11(6-7-18-12)15-9-13(17)16-14(3,4)5/h10-12,15H,6-9H2,1-5H3,(H,16,17). The summed E-state index contributed by atoms with van der Waals surface area (Å²) in [5, 5.41) is 6.30. The van der Waals surface area contributed by atoms with E-state index in [1.807, 2.05) is 20.8 Å². The summed E-state index contributed by atoms with van der Waals surface area (Å²) in [5.74, 6) is 0.605. The normalized spacial score (nSPS) is 25.2. The van der Waals surface area contributed by atoms with Gasteiger partial charge in [-0.15, -0.1) is 0 Å². The highest BCUT2D eigenvalue weighted by Crippen LogP contribution is 2.19. The maximum Gasteiger partial charge on any atom is 0.234 e. The van der Waals surface area contributed by atoms with Gasteiger partial charge in [-0.05, 0) is 39.5 Å². The summed E-state index contributed by atoms with van der Waals surface area (Å²) < 4.78 is 5.72. The summed E-state index contributed by atoms with van der Waals surface area (Å²) in [4.78, 5) is 11.7. The van der Waals surface area contributed by atoms with Gasteiger partial charge in [0, 0.05) is 18.2 Å². The fourth-order valence-corrected chi connectivity index (χ4v) is 2.18. The predicted molar refractivity (Wildman–Crippen MR) is 73.5 cm³/mol. The molecule has 0 spiro atoms. The van der Waals surface area contributed by atoms with Crippen molar-refractivity contribution in [2.24, 2.45) is 5.92 Å². The predicted octanol–water partition coefficient (Wildman–Crippen LogP) is 1.69.